The summed E-state index contributed by atoms with van der Waals surface area (Å²) in [7, 11) is -3.38. The highest BCUT2D eigenvalue weighted by Gasteiger charge is 2.46. The van der Waals surface area contributed by atoms with Gasteiger partial charge in [-0.2, -0.15) is 0 Å². The second-order valence-electron chi connectivity index (χ2n) is 10.2. The predicted octanol–water partition coefficient (Wildman–Crippen LogP) is 5.24. The Labute approximate surface area is 281 Å². The summed E-state index contributed by atoms with van der Waals surface area (Å²) in [6.07, 6.45) is 12.9. The van der Waals surface area contributed by atoms with Gasteiger partial charge in [0.2, 0.25) is 25.4 Å². The Morgan fingerprint density at radius 1 is 0.553 bits per heavy atom. The third kappa shape index (κ3) is 10.1. The van der Waals surface area contributed by atoms with Crippen molar-refractivity contribution in [3.05, 3.63) is 74.9 Å². The molecule has 17 nitrogen and oxygen atoms in total. The molecule has 0 radical (unpaired) electrons. The van der Waals surface area contributed by atoms with Crippen molar-refractivity contribution in [1.82, 2.24) is 39.2 Å². The normalized spacial score (nSPS) is 24.0. The van der Waals surface area contributed by atoms with E-state index in [-0.39, 0.29) is 22.3 Å². The van der Waals surface area contributed by atoms with Crippen LogP contribution < -0.4 is 0 Å². The van der Waals surface area contributed by atoms with Gasteiger partial charge in [0, 0.05) is 105 Å². The average Bonchev–Trinajstić information content (AvgIpc) is 3.66. The molecule has 270 valence electrons. The molecule has 4 rings (SSSR count). The highest BCUT2D eigenvalue weighted by Crippen LogP contribution is 2.66. The van der Waals surface area contributed by atoms with E-state index in [9.17, 15) is 13.7 Å². The predicted molar refractivity (Wildman–Crippen MR) is 183 cm³/mol. The van der Waals surface area contributed by atoms with Gasteiger partial charge in [0.1, 0.15) is 0 Å². The number of phosphoric ester groups is 2. The molecule has 0 amide bonds. The standard InChI is InChI=1S/C24H41N8O9P3.3CH4/c1-9-11-31-19-17-29(7)23(31)38-43(34,36-21-25(3)13-14-26(21)4)40-42(33)41-44(35,37-22-27(5)15-16-28(22)6)39-24-30(8)18-20-32(24)12-10-2;;;/h9-10,13-24,42H,1-2,11-12H2,3-8H3;3*1H4. The molecule has 0 aliphatic carbocycles. The number of nitrogens with zero attached hydrogens (tertiary/aromatic N) is 8. The number of phosphoric acid groups is 2. The number of hydrogen-bond donors (Lipinski definition) is 0. The van der Waals surface area contributed by atoms with Gasteiger partial charge in [-0.15, -0.1) is 13.2 Å². The van der Waals surface area contributed by atoms with E-state index in [2.05, 4.69) is 13.2 Å². The van der Waals surface area contributed by atoms with E-state index in [1.165, 1.54) is 0 Å². The molecular weight excluding hydrogens is 673 g/mol. The zero-order valence-corrected chi connectivity index (χ0v) is 28.3. The summed E-state index contributed by atoms with van der Waals surface area (Å²) in [4.78, 5) is 12.9. The fourth-order valence-electron chi connectivity index (χ4n) is 4.40. The van der Waals surface area contributed by atoms with E-state index in [1.54, 1.807) is 143 Å². The van der Waals surface area contributed by atoms with Gasteiger partial charge >= 0.3 is 23.9 Å². The Balaban J connectivity index is 0.00000368. The van der Waals surface area contributed by atoms with Crippen LogP contribution in [0.1, 0.15) is 22.3 Å². The van der Waals surface area contributed by atoms with Crippen LogP contribution in [0.3, 0.4) is 0 Å². The van der Waals surface area contributed by atoms with Crippen LogP contribution in [0.15, 0.2) is 74.9 Å². The molecule has 4 heterocycles. The van der Waals surface area contributed by atoms with Gasteiger partial charge in [0.25, 0.3) is 0 Å². The quantitative estimate of drug-likeness (QED) is 0.152. The SMILES string of the molecule is C.C.C.C=CCN1C=CN(C)C1OP(=O)(OC1N(C)C=CN1C)O[PH](=O)OP(=O)(OC1N(C)C=CN1C)OC1N(C)C=CN1CC=C. The lowest BCUT2D eigenvalue weighted by Gasteiger charge is -2.35. The molecule has 47 heavy (non-hydrogen) atoms. The van der Waals surface area contributed by atoms with Crippen molar-refractivity contribution in [1.29, 1.82) is 0 Å². The van der Waals surface area contributed by atoms with E-state index < -0.39 is 49.3 Å². The first-order valence-electron chi connectivity index (χ1n) is 13.4. The summed E-state index contributed by atoms with van der Waals surface area (Å²) in [5.74, 6) is 0. The van der Waals surface area contributed by atoms with Crippen molar-refractivity contribution in [3.8, 4) is 0 Å². The molecule has 0 aromatic heterocycles. The van der Waals surface area contributed by atoms with Crippen LogP contribution in [-0.4, -0.2) is 120 Å². The zero-order valence-electron chi connectivity index (χ0n) is 25.6. The van der Waals surface area contributed by atoms with Crippen molar-refractivity contribution >= 4 is 23.9 Å². The molecule has 4 unspecified atom stereocenters. The van der Waals surface area contributed by atoms with E-state index in [1.807, 2.05) is 0 Å². The molecule has 20 heteroatoms. The molecule has 0 saturated heterocycles. The molecule has 0 fully saturated rings. The Bertz CT molecular complexity index is 1190. The summed E-state index contributed by atoms with van der Waals surface area (Å²) in [6, 6.07) is 0. The molecule has 4 aliphatic heterocycles. The molecule has 0 aromatic carbocycles. The summed E-state index contributed by atoms with van der Waals surface area (Å²) >= 11 is 0. The van der Waals surface area contributed by atoms with Crippen LogP contribution in [-0.2, 0) is 40.4 Å². The lowest BCUT2D eigenvalue weighted by atomic mass is 10.5. The smallest absolute Gasteiger partial charge is 0.337 e. The molecule has 4 atom stereocenters. The second-order valence-corrected chi connectivity index (χ2v) is 14.8. The van der Waals surface area contributed by atoms with Crippen molar-refractivity contribution in [3.63, 3.8) is 0 Å². The topological polar surface area (TPSA) is 133 Å². The summed E-state index contributed by atoms with van der Waals surface area (Å²) in [5, 5.41) is 0. The second kappa shape index (κ2) is 17.6. The van der Waals surface area contributed by atoms with Crippen LogP contribution in [0.5, 0.6) is 0 Å². The molecule has 0 bridgehead atoms. The Kier molecular flexibility index (Phi) is 15.9. The molecule has 0 aromatic rings. The highest BCUT2D eigenvalue weighted by atomic mass is 31.3. The third-order valence-corrected chi connectivity index (χ3v) is 11.4. The zero-order chi connectivity index (χ0) is 32.2. The molecule has 4 aliphatic rings. The van der Waals surface area contributed by atoms with Crippen LogP contribution >= 0.6 is 23.9 Å². The van der Waals surface area contributed by atoms with Gasteiger partial charge in [-0.05, 0) is 0 Å². The minimum Gasteiger partial charge on any atom is -0.337 e. The maximum Gasteiger partial charge on any atom is 0.488 e. The van der Waals surface area contributed by atoms with Crippen LogP contribution in [0, 0.1) is 0 Å². The highest BCUT2D eigenvalue weighted by molar-refractivity contribution is 7.62. The van der Waals surface area contributed by atoms with Crippen molar-refractivity contribution < 1.29 is 40.4 Å². The minimum absolute atomic E-state index is 0. The van der Waals surface area contributed by atoms with E-state index >= 15 is 0 Å². The third-order valence-electron chi connectivity index (χ3n) is 6.66. The maximum absolute atomic E-state index is 14.2. The largest absolute Gasteiger partial charge is 0.488 e. The summed E-state index contributed by atoms with van der Waals surface area (Å²) in [6.45, 7) is 8.13. The van der Waals surface area contributed by atoms with Crippen molar-refractivity contribution in [2.75, 3.05) is 55.4 Å². The molecular formula is C27H53N8O9P3. The Morgan fingerprint density at radius 2 is 0.809 bits per heavy atom. The maximum atomic E-state index is 14.2. The monoisotopic (exact) mass is 726 g/mol. The van der Waals surface area contributed by atoms with Crippen LogP contribution in [0.25, 0.3) is 0 Å². The minimum atomic E-state index is -4.75. The Hall–Kier alpha value is -2.71. The lowest BCUT2D eigenvalue weighted by Crippen LogP contribution is -2.41. The fourth-order valence-corrected chi connectivity index (χ4v) is 9.14. The van der Waals surface area contributed by atoms with E-state index in [4.69, 9.17) is 26.7 Å². The fraction of sp³-hybridized carbons (Fsp3) is 0.556. The van der Waals surface area contributed by atoms with Gasteiger partial charge in [0.05, 0.1) is 0 Å². The van der Waals surface area contributed by atoms with E-state index in [0.717, 1.165) is 0 Å². The first-order chi connectivity index (χ1) is 20.8. The van der Waals surface area contributed by atoms with Gasteiger partial charge in [-0.1, -0.05) is 34.4 Å². The van der Waals surface area contributed by atoms with Gasteiger partial charge < -0.3 is 39.2 Å². The summed E-state index contributed by atoms with van der Waals surface area (Å²) in [5.41, 5.74) is 0. The number of rotatable bonds is 16. The summed E-state index contributed by atoms with van der Waals surface area (Å²) < 4.78 is 76.3. The number of hydrogen-bond acceptors (Lipinski definition) is 17. The van der Waals surface area contributed by atoms with Crippen molar-refractivity contribution in [2.24, 2.45) is 0 Å². The van der Waals surface area contributed by atoms with Gasteiger partial charge in [-0.3, -0.25) is 4.57 Å². The van der Waals surface area contributed by atoms with Gasteiger partial charge in [-0.25, -0.2) is 35.8 Å². The van der Waals surface area contributed by atoms with Crippen LogP contribution in [0.4, 0.5) is 0 Å². The molecule has 0 spiro atoms. The van der Waals surface area contributed by atoms with Gasteiger partial charge in [0.15, 0.2) is 0 Å². The van der Waals surface area contributed by atoms with E-state index in [0.29, 0.717) is 13.1 Å². The molecule has 0 N–H and O–H groups in total. The van der Waals surface area contributed by atoms with Crippen molar-refractivity contribution in [2.45, 2.75) is 47.7 Å². The molecule has 0 saturated carbocycles. The van der Waals surface area contributed by atoms with Crippen LogP contribution in [0.2, 0.25) is 0 Å². The Morgan fingerprint density at radius 3 is 1.11 bits per heavy atom. The average molecular weight is 727 g/mol. The first-order valence-corrected chi connectivity index (χ1v) is 17.6. The first kappa shape index (κ1) is 42.3. The lowest BCUT2D eigenvalue weighted by molar-refractivity contribution is -0.0745.